The molecule has 2 aromatic carbocycles. The summed E-state index contributed by atoms with van der Waals surface area (Å²) in [7, 11) is 0. The zero-order valence-electron chi connectivity index (χ0n) is 20.5. The third-order valence-electron chi connectivity index (χ3n) is 6.94. The number of hydrogen-bond acceptors (Lipinski definition) is 4. The SMILES string of the molecule is CCN1C(=CC2=C(Cl)C(=Cc3sc4ccc5occc5c4[n+]3CC)CC(C)C2)Sc2cc(F)ccc21. The quantitative estimate of drug-likeness (QED) is 0.242. The minimum atomic E-state index is -0.201. The van der Waals surface area contributed by atoms with Gasteiger partial charge in [-0.15, -0.1) is 0 Å². The van der Waals surface area contributed by atoms with E-state index < -0.39 is 0 Å². The molecule has 6 rings (SSSR count). The Bertz CT molecular complexity index is 1600. The summed E-state index contributed by atoms with van der Waals surface area (Å²) in [6, 6.07) is 11.3. The Morgan fingerprint density at radius 2 is 2.03 bits per heavy atom. The lowest BCUT2D eigenvalue weighted by Crippen LogP contribution is -2.33. The molecule has 184 valence electrons. The predicted octanol–water partition coefficient (Wildman–Crippen LogP) is 8.87. The molecule has 2 aliphatic rings. The largest absolute Gasteiger partial charge is 0.464 e. The van der Waals surface area contributed by atoms with Gasteiger partial charge in [0.2, 0.25) is 5.52 Å². The molecule has 0 amide bonds. The van der Waals surface area contributed by atoms with Crippen LogP contribution in [0.4, 0.5) is 10.1 Å². The van der Waals surface area contributed by atoms with Crippen molar-refractivity contribution >= 4 is 67.6 Å². The van der Waals surface area contributed by atoms with Crippen LogP contribution in [0.1, 0.15) is 38.6 Å². The fraction of sp³-hybridized carbons (Fsp3) is 0.276. The molecule has 3 heterocycles. The first-order chi connectivity index (χ1) is 17.5. The lowest BCUT2D eigenvalue weighted by atomic mass is 9.86. The number of allylic oxidation sites excluding steroid dienone is 4. The maximum Gasteiger partial charge on any atom is 0.263 e. The highest BCUT2D eigenvalue weighted by atomic mass is 35.5. The van der Waals surface area contributed by atoms with Crippen molar-refractivity contribution in [1.29, 1.82) is 0 Å². The molecule has 3 nitrogen and oxygen atoms in total. The maximum absolute atomic E-state index is 13.9. The molecule has 1 aliphatic heterocycles. The Labute approximate surface area is 223 Å². The highest BCUT2D eigenvalue weighted by molar-refractivity contribution is 8.03. The van der Waals surface area contributed by atoms with Crippen LogP contribution in [0.25, 0.3) is 27.3 Å². The summed E-state index contributed by atoms with van der Waals surface area (Å²) in [5.74, 6) is 0.282. The molecule has 0 saturated carbocycles. The molecule has 7 heteroatoms. The van der Waals surface area contributed by atoms with Crippen molar-refractivity contribution in [3.8, 4) is 0 Å². The van der Waals surface area contributed by atoms with Crippen molar-refractivity contribution < 1.29 is 13.4 Å². The molecule has 1 unspecified atom stereocenters. The highest BCUT2D eigenvalue weighted by Crippen LogP contribution is 2.48. The molecule has 0 N–H and O–H groups in total. The van der Waals surface area contributed by atoms with Crippen LogP contribution in [0.15, 0.2) is 79.3 Å². The number of thiazole rings is 1. The van der Waals surface area contributed by atoms with E-state index in [-0.39, 0.29) is 5.82 Å². The second-order valence-corrected chi connectivity index (χ2v) is 11.9. The standard InChI is InChI=1S/C29H27ClFN2OS2/c1-4-32-22-7-6-20(31)16-25(22)36-26(32)14-18-12-17(3)13-19(28(18)30)15-27-33(5-2)29-21-10-11-34-23(21)8-9-24(29)35-27/h6-11,14-17H,4-5,12-13H2,1-3H3/q+1. The molecule has 0 saturated heterocycles. The number of thioether (sulfide) groups is 1. The van der Waals surface area contributed by atoms with Gasteiger partial charge in [-0.05, 0) is 86.2 Å². The second kappa shape index (κ2) is 9.40. The normalized spacial score (nSPS) is 20.5. The Balaban J connectivity index is 1.43. The molecular weight excluding hydrogens is 511 g/mol. The van der Waals surface area contributed by atoms with Gasteiger partial charge in [0.05, 0.1) is 22.4 Å². The number of aromatic nitrogens is 1. The van der Waals surface area contributed by atoms with Gasteiger partial charge >= 0.3 is 0 Å². The topological polar surface area (TPSA) is 20.3 Å². The van der Waals surface area contributed by atoms with Gasteiger partial charge in [-0.2, -0.15) is 4.57 Å². The smallest absolute Gasteiger partial charge is 0.263 e. The number of fused-ring (bicyclic) bond motifs is 4. The van der Waals surface area contributed by atoms with Gasteiger partial charge in [-0.25, -0.2) is 4.39 Å². The van der Waals surface area contributed by atoms with E-state index in [1.165, 1.54) is 26.9 Å². The summed E-state index contributed by atoms with van der Waals surface area (Å²) in [4.78, 5) is 3.20. The molecule has 1 aliphatic carbocycles. The Morgan fingerprint density at radius 3 is 2.83 bits per heavy atom. The predicted molar refractivity (Wildman–Crippen MR) is 150 cm³/mol. The van der Waals surface area contributed by atoms with Gasteiger partial charge < -0.3 is 9.32 Å². The number of hydrogen-bond donors (Lipinski definition) is 0. The lowest BCUT2D eigenvalue weighted by molar-refractivity contribution is -0.664. The Kier molecular flexibility index (Phi) is 6.22. The fourth-order valence-electron chi connectivity index (χ4n) is 5.33. The number of rotatable bonds is 4. The number of anilines is 1. The molecule has 4 aromatic rings. The van der Waals surface area contributed by atoms with Crippen molar-refractivity contribution in [2.24, 2.45) is 5.92 Å². The minimum Gasteiger partial charge on any atom is -0.464 e. The third-order valence-corrected chi connectivity index (χ3v) is 9.62. The maximum atomic E-state index is 13.9. The van der Waals surface area contributed by atoms with E-state index >= 15 is 0 Å². The summed E-state index contributed by atoms with van der Waals surface area (Å²) in [5.41, 5.74) is 5.52. The van der Waals surface area contributed by atoms with Crippen LogP contribution in [0.5, 0.6) is 0 Å². The average molecular weight is 538 g/mol. The number of aryl methyl sites for hydroxylation is 1. The van der Waals surface area contributed by atoms with E-state index in [9.17, 15) is 4.39 Å². The van der Waals surface area contributed by atoms with Crippen molar-refractivity contribution in [3.63, 3.8) is 0 Å². The molecular formula is C29H27ClFN2OS2+. The Hall–Kier alpha value is -2.54. The zero-order valence-corrected chi connectivity index (χ0v) is 22.9. The summed E-state index contributed by atoms with van der Waals surface area (Å²) in [6.45, 7) is 8.28. The molecule has 0 fully saturated rings. The zero-order chi connectivity index (χ0) is 25.0. The highest BCUT2D eigenvalue weighted by Gasteiger charge is 2.28. The monoisotopic (exact) mass is 537 g/mol. The van der Waals surface area contributed by atoms with Crippen molar-refractivity contribution in [2.45, 2.75) is 45.1 Å². The number of nitrogens with zero attached hydrogens (tertiary/aromatic N) is 2. The van der Waals surface area contributed by atoms with Gasteiger partial charge in [0.15, 0.2) is 0 Å². The first-order valence-corrected chi connectivity index (χ1v) is 14.4. The van der Waals surface area contributed by atoms with Crippen LogP contribution in [-0.4, -0.2) is 6.54 Å². The van der Waals surface area contributed by atoms with Crippen molar-refractivity contribution in [3.05, 3.63) is 80.8 Å². The van der Waals surface area contributed by atoms with Crippen molar-refractivity contribution in [2.75, 3.05) is 11.4 Å². The van der Waals surface area contributed by atoms with E-state index in [4.69, 9.17) is 16.0 Å². The van der Waals surface area contributed by atoms with Crippen molar-refractivity contribution in [1.82, 2.24) is 0 Å². The second-order valence-electron chi connectivity index (χ2n) is 9.39. The average Bonchev–Trinajstić information content (AvgIpc) is 3.55. The minimum absolute atomic E-state index is 0.201. The lowest BCUT2D eigenvalue weighted by Gasteiger charge is -2.24. The summed E-state index contributed by atoms with van der Waals surface area (Å²) >= 11 is 10.5. The number of benzene rings is 2. The van der Waals surface area contributed by atoms with E-state index in [1.807, 2.05) is 12.1 Å². The van der Waals surface area contributed by atoms with Gasteiger partial charge in [0, 0.05) is 22.5 Å². The first kappa shape index (κ1) is 23.8. The van der Waals surface area contributed by atoms with Crippen LogP contribution in [0.3, 0.4) is 0 Å². The molecule has 0 bridgehead atoms. The van der Waals surface area contributed by atoms with Gasteiger partial charge in [0.1, 0.15) is 22.6 Å². The van der Waals surface area contributed by atoms with E-state index in [1.54, 1.807) is 35.4 Å². The van der Waals surface area contributed by atoms with Crippen LogP contribution >= 0.6 is 34.7 Å². The third kappa shape index (κ3) is 4.00. The van der Waals surface area contributed by atoms with E-state index in [0.717, 1.165) is 63.1 Å². The van der Waals surface area contributed by atoms with Gasteiger partial charge in [-0.3, -0.25) is 0 Å². The van der Waals surface area contributed by atoms with Gasteiger partial charge in [-0.1, -0.05) is 41.6 Å². The van der Waals surface area contributed by atoms with Gasteiger partial charge in [0.25, 0.3) is 5.01 Å². The van der Waals surface area contributed by atoms with E-state index in [2.05, 4.69) is 54.5 Å². The van der Waals surface area contributed by atoms with Crippen LogP contribution < -0.4 is 9.47 Å². The van der Waals surface area contributed by atoms with Crippen LogP contribution in [0.2, 0.25) is 0 Å². The molecule has 0 spiro atoms. The Morgan fingerprint density at radius 1 is 1.17 bits per heavy atom. The first-order valence-electron chi connectivity index (χ1n) is 12.4. The van der Waals surface area contributed by atoms with Crippen LogP contribution in [0, 0.1) is 11.7 Å². The van der Waals surface area contributed by atoms with E-state index in [0.29, 0.717) is 5.92 Å². The summed E-state index contributed by atoms with van der Waals surface area (Å²) < 4.78 is 23.1. The molecule has 36 heavy (non-hydrogen) atoms. The number of halogens is 2. The molecule has 1 atom stereocenters. The van der Waals surface area contributed by atoms with Crippen LogP contribution in [-0.2, 0) is 6.54 Å². The molecule has 2 aromatic heterocycles. The number of furan rings is 1. The summed E-state index contributed by atoms with van der Waals surface area (Å²) in [5, 5.41) is 4.29. The fourth-order valence-corrected chi connectivity index (χ4v) is 8.02. The summed E-state index contributed by atoms with van der Waals surface area (Å²) in [6.07, 6.45) is 8.13. The molecule has 0 radical (unpaired) electrons.